The van der Waals surface area contributed by atoms with Gasteiger partial charge in [-0.15, -0.1) is 12.4 Å². The lowest BCUT2D eigenvalue weighted by atomic mass is 9.92. The zero-order valence-electron chi connectivity index (χ0n) is 15.8. The number of benzene rings is 2. The number of carbonyl (C=O) groups is 2. The number of likely N-dealkylation sites (tertiary alicyclic amines) is 1. The van der Waals surface area contributed by atoms with Crippen molar-refractivity contribution in [1.82, 2.24) is 10.2 Å². The number of rotatable bonds is 7. The number of hydrogen-bond acceptors (Lipinski definition) is 4. The molecule has 2 aromatic rings. The largest absolute Gasteiger partial charge is 0.492 e. The molecule has 2 aromatic carbocycles. The topological polar surface area (TPSA) is 84.7 Å². The molecule has 1 aliphatic heterocycles. The van der Waals surface area contributed by atoms with Crippen LogP contribution in [0, 0.1) is 0 Å². The molecule has 0 aliphatic carbocycles. The number of carbonyl (C=O) groups excluding carboxylic acids is 2. The molecule has 0 bridgehead atoms. The van der Waals surface area contributed by atoms with Crippen LogP contribution in [0.15, 0.2) is 60.7 Å². The fourth-order valence-corrected chi connectivity index (χ4v) is 3.13. The quantitative estimate of drug-likeness (QED) is 0.741. The first kappa shape index (κ1) is 21.7. The van der Waals surface area contributed by atoms with E-state index in [1.54, 1.807) is 11.8 Å². The van der Waals surface area contributed by atoms with E-state index in [4.69, 9.17) is 10.5 Å². The maximum absolute atomic E-state index is 12.6. The Morgan fingerprint density at radius 1 is 1.18 bits per heavy atom. The molecule has 1 saturated heterocycles. The van der Waals surface area contributed by atoms with E-state index in [9.17, 15) is 9.59 Å². The third kappa shape index (κ3) is 5.24. The Labute approximate surface area is 171 Å². The predicted molar refractivity (Wildman–Crippen MR) is 110 cm³/mol. The molecule has 7 heteroatoms. The van der Waals surface area contributed by atoms with Gasteiger partial charge in [0.1, 0.15) is 17.9 Å². The number of nitrogens with two attached hydrogens (primary N) is 1. The summed E-state index contributed by atoms with van der Waals surface area (Å²) in [6.45, 7) is 3.04. The van der Waals surface area contributed by atoms with E-state index in [2.05, 4.69) is 5.32 Å². The third-order valence-corrected chi connectivity index (χ3v) is 4.77. The number of para-hydroxylation sites is 1. The van der Waals surface area contributed by atoms with Crippen LogP contribution in [0.2, 0.25) is 0 Å². The molecule has 3 N–H and O–H groups in total. The Morgan fingerprint density at radius 2 is 1.79 bits per heavy atom. The summed E-state index contributed by atoms with van der Waals surface area (Å²) in [5.74, 6) is 0.500. The highest BCUT2D eigenvalue weighted by molar-refractivity contribution is 5.88. The number of ether oxygens (including phenoxy) is 1. The minimum atomic E-state index is -1.14. The van der Waals surface area contributed by atoms with Crippen molar-refractivity contribution in [3.63, 3.8) is 0 Å². The lowest BCUT2D eigenvalue weighted by molar-refractivity contribution is -0.128. The monoisotopic (exact) mass is 403 g/mol. The minimum Gasteiger partial charge on any atom is -0.492 e. The van der Waals surface area contributed by atoms with Gasteiger partial charge < -0.3 is 20.7 Å². The maximum atomic E-state index is 12.6. The summed E-state index contributed by atoms with van der Waals surface area (Å²) in [6, 6.07) is 18.5. The fraction of sp³-hybridized carbons (Fsp3) is 0.333. The zero-order chi connectivity index (χ0) is 19.3. The average Bonchev–Trinajstić information content (AvgIpc) is 3.02. The van der Waals surface area contributed by atoms with Crippen LogP contribution in [0.25, 0.3) is 0 Å². The number of amides is 2. The van der Waals surface area contributed by atoms with E-state index in [1.165, 1.54) is 0 Å². The lowest BCUT2D eigenvalue weighted by Gasteiger charge is -2.26. The second kappa shape index (κ2) is 9.57. The van der Waals surface area contributed by atoms with Crippen molar-refractivity contribution in [3.05, 3.63) is 66.2 Å². The molecule has 6 nitrogen and oxygen atoms in total. The van der Waals surface area contributed by atoms with Gasteiger partial charge in [-0.3, -0.25) is 9.59 Å². The Morgan fingerprint density at radius 3 is 2.43 bits per heavy atom. The van der Waals surface area contributed by atoms with Crippen LogP contribution in [0.4, 0.5) is 0 Å². The zero-order valence-corrected chi connectivity index (χ0v) is 16.7. The fourth-order valence-electron chi connectivity index (χ4n) is 3.13. The first-order valence-electron chi connectivity index (χ1n) is 9.08. The molecule has 2 amide bonds. The summed E-state index contributed by atoms with van der Waals surface area (Å²) in [5.41, 5.74) is 5.83. The lowest BCUT2D eigenvalue weighted by Crippen LogP contribution is -2.52. The summed E-state index contributed by atoms with van der Waals surface area (Å²) < 4.78 is 5.64. The van der Waals surface area contributed by atoms with Crippen LogP contribution in [0.5, 0.6) is 5.75 Å². The van der Waals surface area contributed by atoms with E-state index < -0.39 is 5.54 Å². The molecule has 1 heterocycles. The highest BCUT2D eigenvalue weighted by atomic mass is 35.5. The molecule has 1 fully saturated rings. The Balaban J connectivity index is 0.00000280. The van der Waals surface area contributed by atoms with Gasteiger partial charge in [0, 0.05) is 13.0 Å². The van der Waals surface area contributed by atoms with Gasteiger partial charge >= 0.3 is 0 Å². The molecule has 150 valence electrons. The van der Waals surface area contributed by atoms with Gasteiger partial charge in [-0.2, -0.15) is 0 Å². The Bertz CT molecular complexity index is 784. The van der Waals surface area contributed by atoms with Gasteiger partial charge in [-0.1, -0.05) is 48.5 Å². The molecular weight excluding hydrogens is 378 g/mol. The first-order chi connectivity index (χ1) is 13.0. The van der Waals surface area contributed by atoms with Crippen molar-refractivity contribution in [2.24, 2.45) is 5.73 Å². The summed E-state index contributed by atoms with van der Waals surface area (Å²) >= 11 is 0. The van der Waals surface area contributed by atoms with Crippen LogP contribution in [-0.4, -0.2) is 42.5 Å². The molecule has 2 atom stereocenters. The molecule has 0 radical (unpaired) electrons. The summed E-state index contributed by atoms with van der Waals surface area (Å²) in [4.78, 5) is 26.6. The third-order valence-electron chi connectivity index (χ3n) is 4.77. The van der Waals surface area contributed by atoms with E-state index in [0.29, 0.717) is 19.7 Å². The van der Waals surface area contributed by atoms with Gasteiger partial charge in [-0.25, -0.2) is 0 Å². The van der Waals surface area contributed by atoms with Crippen molar-refractivity contribution >= 4 is 24.2 Å². The average molecular weight is 404 g/mol. The van der Waals surface area contributed by atoms with Crippen LogP contribution in [-0.2, 0) is 15.1 Å². The van der Waals surface area contributed by atoms with Gasteiger partial charge in [0.15, 0.2) is 0 Å². The van der Waals surface area contributed by atoms with Crippen molar-refractivity contribution < 1.29 is 14.3 Å². The number of hydrogen-bond donors (Lipinski definition) is 2. The number of halogens is 1. The maximum Gasteiger partial charge on any atom is 0.244 e. The Hall–Kier alpha value is -2.57. The molecule has 28 heavy (non-hydrogen) atoms. The SMILES string of the molecule is CC(N)(C(=O)NC1CC(=O)N(CCOc2ccccc2)C1)c1ccccc1.Cl. The molecular formula is C21H26ClN3O3. The van der Waals surface area contributed by atoms with Crippen LogP contribution < -0.4 is 15.8 Å². The van der Waals surface area contributed by atoms with Crippen LogP contribution in [0.1, 0.15) is 18.9 Å². The summed E-state index contributed by atoms with van der Waals surface area (Å²) in [5, 5.41) is 2.92. The van der Waals surface area contributed by atoms with E-state index in [0.717, 1.165) is 11.3 Å². The van der Waals surface area contributed by atoms with Crippen LogP contribution in [0.3, 0.4) is 0 Å². The predicted octanol–water partition coefficient (Wildman–Crippen LogP) is 2.08. The van der Waals surface area contributed by atoms with E-state index >= 15 is 0 Å². The molecule has 3 rings (SSSR count). The first-order valence-corrected chi connectivity index (χ1v) is 9.08. The highest BCUT2D eigenvalue weighted by Crippen LogP contribution is 2.19. The molecule has 0 saturated carbocycles. The van der Waals surface area contributed by atoms with Gasteiger partial charge in [0.25, 0.3) is 0 Å². The number of nitrogens with zero attached hydrogens (tertiary/aromatic N) is 1. The van der Waals surface area contributed by atoms with E-state index in [-0.39, 0.29) is 36.7 Å². The smallest absolute Gasteiger partial charge is 0.244 e. The number of nitrogens with one attached hydrogen (secondary N) is 1. The van der Waals surface area contributed by atoms with Crippen molar-refractivity contribution in [2.75, 3.05) is 19.7 Å². The summed E-state index contributed by atoms with van der Waals surface area (Å²) in [7, 11) is 0. The van der Waals surface area contributed by atoms with Gasteiger partial charge in [-0.05, 0) is 24.6 Å². The normalized spacial score (nSPS) is 18.1. The highest BCUT2D eigenvalue weighted by Gasteiger charge is 2.36. The van der Waals surface area contributed by atoms with Crippen molar-refractivity contribution in [3.8, 4) is 5.75 Å². The van der Waals surface area contributed by atoms with E-state index in [1.807, 2.05) is 60.7 Å². The van der Waals surface area contributed by atoms with Gasteiger partial charge in [0.05, 0.1) is 12.6 Å². The van der Waals surface area contributed by atoms with Crippen molar-refractivity contribution in [1.29, 1.82) is 0 Å². The molecule has 2 unspecified atom stereocenters. The standard InChI is InChI=1S/C21H25N3O3.ClH/c1-21(22,16-8-4-2-5-9-16)20(26)23-17-14-19(25)24(15-17)12-13-27-18-10-6-3-7-11-18;/h2-11,17H,12-15,22H2,1H3,(H,23,26);1H. The molecule has 0 aromatic heterocycles. The second-order valence-corrected chi connectivity index (χ2v) is 6.94. The van der Waals surface area contributed by atoms with Crippen LogP contribution >= 0.6 is 12.4 Å². The molecule has 0 spiro atoms. The summed E-state index contributed by atoms with van der Waals surface area (Å²) in [6.07, 6.45) is 0.280. The minimum absolute atomic E-state index is 0. The molecule has 1 aliphatic rings. The van der Waals surface area contributed by atoms with Crippen molar-refractivity contribution in [2.45, 2.75) is 24.9 Å². The van der Waals surface area contributed by atoms with Gasteiger partial charge in [0.2, 0.25) is 11.8 Å². The second-order valence-electron chi connectivity index (χ2n) is 6.94. The Kier molecular flexibility index (Phi) is 7.43.